The number of carboxylic acid groups (broad SMARTS) is 1. The lowest BCUT2D eigenvalue weighted by atomic mass is 10.2. The van der Waals surface area contributed by atoms with Crippen molar-refractivity contribution in [1.82, 2.24) is 5.43 Å². The summed E-state index contributed by atoms with van der Waals surface area (Å²) in [7, 11) is 0. The molecule has 0 radical (unpaired) electrons. The van der Waals surface area contributed by atoms with Crippen molar-refractivity contribution < 1.29 is 19.5 Å². The van der Waals surface area contributed by atoms with Crippen molar-refractivity contribution in [3.63, 3.8) is 0 Å². The van der Waals surface area contributed by atoms with Gasteiger partial charge in [-0.25, -0.2) is 5.01 Å². The summed E-state index contributed by atoms with van der Waals surface area (Å²) in [6, 6.07) is 17.3. The second-order valence-corrected chi connectivity index (χ2v) is 5.12. The first kappa shape index (κ1) is 17.2. The third-order valence-electron chi connectivity index (χ3n) is 3.27. The van der Waals surface area contributed by atoms with Gasteiger partial charge in [-0.1, -0.05) is 36.4 Å². The maximum absolute atomic E-state index is 12.7. The van der Waals surface area contributed by atoms with Gasteiger partial charge in [0.25, 0.3) is 5.91 Å². The van der Waals surface area contributed by atoms with Crippen LogP contribution in [0.3, 0.4) is 0 Å². The number of carbonyl (C=O) groups excluding carboxylic acids is 2. The molecule has 2 amide bonds. The van der Waals surface area contributed by atoms with Gasteiger partial charge in [-0.05, 0) is 30.7 Å². The maximum Gasteiger partial charge on any atom is 0.303 e. The Bertz CT molecular complexity index is 701. The highest BCUT2D eigenvalue weighted by atomic mass is 16.4. The molecule has 2 rings (SSSR count). The van der Waals surface area contributed by atoms with Crippen LogP contribution in [0.1, 0.15) is 29.6 Å². The highest BCUT2D eigenvalue weighted by Gasteiger charge is 2.19. The number of nitrogens with zero attached hydrogens (tertiary/aromatic N) is 1. The quantitative estimate of drug-likeness (QED) is 0.799. The van der Waals surface area contributed by atoms with Gasteiger partial charge in [-0.2, -0.15) is 0 Å². The second kappa shape index (κ2) is 8.47. The molecule has 0 fully saturated rings. The van der Waals surface area contributed by atoms with E-state index >= 15 is 0 Å². The Labute approximate surface area is 139 Å². The van der Waals surface area contributed by atoms with Crippen LogP contribution in [0, 0.1) is 0 Å². The number of carbonyl (C=O) groups is 3. The SMILES string of the molecule is O=C(O)CCCC(=O)NN(C(=O)c1ccccc1)c1ccccc1. The van der Waals surface area contributed by atoms with Gasteiger partial charge in [-0.3, -0.25) is 19.8 Å². The van der Waals surface area contributed by atoms with Crippen LogP contribution in [-0.2, 0) is 9.59 Å². The minimum Gasteiger partial charge on any atom is -0.481 e. The molecule has 0 bridgehead atoms. The number of rotatable bonds is 6. The van der Waals surface area contributed by atoms with Crippen LogP contribution >= 0.6 is 0 Å². The molecule has 0 saturated heterocycles. The van der Waals surface area contributed by atoms with E-state index in [4.69, 9.17) is 5.11 Å². The zero-order chi connectivity index (χ0) is 17.4. The number of anilines is 1. The van der Waals surface area contributed by atoms with E-state index in [-0.39, 0.29) is 25.2 Å². The van der Waals surface area contributed by atoms with E-state index < -0.39 is 11.9 Å². The molecule has 0 spiro atoms. The number of hydrazine groups is 1. The van der Waals surface area contributed by atoms with Crippen LogP contribution < -0.4 is 10.4 Å². The summed E-state index contributed by atoms with van der Waals surface area (Å²) >= 11 is 0. The first-order valence-corrected chi connectivity index (χ1v) is 7.54. The molecule has 6 heteroatoms. The van der Waals surface area contributed by atoms with Crippen molar-refractivity contribution in [2.75, 3.05) is 5.01 Å². The predicted octanol–water partition coefficient (Wildman–Crippen LogP) is 2.62. The van der Waals surface area contributed by atoms with E-state index in [0.29, 0.717) is 11.3 Å². The molecule has 6 nitrogen and oxygen atoms in total. The van der Waals surface area contributed by atoms with Gasteiger partial charge in [0, 0.05) is 18.4 Å². The molecule has 2 aromatic rings. The highest BCUT2D eigenvalue weighted by Crippen LogP contribution is 2.15. The largest absolute Gasteiger partial charge is 0.481 e. The van der Waals surface area contributed by atoms with E-state index in [9.17, 15) is 14.4 Å². The molecule has 0 unspecified atom stereocenters. The summed E-state index contributed by atoms with van der Waals surface area (Å²) in [5.41, 5.74) is 3.52. The topological polar surface area (TPSA) is 86.7 Å². The van der Waals surface area contributed by atoms with E-state index in [2.05, 4.69) is 5.43 Å². The van der Waals surface area contributed by atoms with E-state index in [1.54, 1.807) is 54.6 Å². The standard InChI is InChI=1S/C18H18N2O4/c21-16(12-7-13-17(22)23)19-20(15-10-5-2-6-11-15)18(24)14-8-3-1-4-9-14/h1-6,8-11H,7,12-13H2,(H,19,21)(H,22,23). The van der Waals surface area contributed by atoms with Crippen LogP contribution in [0.5, 0.6) is 0 Å². The van der Waals surface area contributed by atoms with Gasteiger partial charge in [0.15, 0.2) is 0 Å². The minimum atomic E-state index is -0.955. The molecule has 0 heterocycles. The van der Waals surface area contributed by atoms with Gasteiger partial charge in [0.05, 0.1) is 5.69 Å². The monoisotopic (exact) mass is 326 g/mol. The Morgan fingerprint density at radius 3 is 2.04 bits per heavy atom. The van der Waals surface area contributed by atoms with Crippen molar-refractivity contribution in [3.8, 4) is 0 Å². The summed E-state index contributed by atoms with van der Waals surface area (Å²) in [6.45, 7) is 0. The van der Waals surface area contributed by atoms with Crippen molar-refractivity contribution in [2.45, 2.75) is 19.3 Å². The fourth-order valence-corrected chi connectivity index (χ4v) is 2.10. The van der Waals surface area contributed by atoms with Crippen molar-refractivity contribution >= 4 is 23.5 Å². The van der Waals surface area contributed by atoms with Crippen molar-refractivity contribution in [2.24, 2.45) is 0 Å². The van der Waals surface area contributed by atoms with Crippen LogP contribution in [0.4, 0.5) is 5.69 Å². The number of para-hydroxylation sites is 1. The molecule has 2 aromatic carbocycles. The van der Waals surface area contributed by atoms with E-state index in [1.807, 2.05) is 6.07 Å². The number of hydrogen-bond acceptors (Lipinski definition) is 3. The Hall–Kier alpha value is -3.15. The fraction of sp³-hybridized carbons (Fsp3) is 0.167. The Morgan fingerprint density at radius 2 is 1.46 bits per heavy atom. The second-order valence-electron chi connectivity index (χ2n) is 5.12. The first-order valence-electron chi connectivity index (χ1n) is 7.54. The van der Waals surface area contributed by atoms with Crippen molar-refractivity contribution in [1.29, 1.82) is 0 Å². The fourth-order valence-electron chi connectivity index (χ4n) is 2.10. The van der Waals surface area contributed by atoms with Crippen molar-refractivity contribution in [3.05, 3.63) is 66.2 Å². The lowest BCUT2D eigenvalue weighted by molar-refractivity contribution is -0.137. The van der Waals surface area contributed by atoms with Crippen LogP contribution in [0.15, 0.2) is 60.7 Å². The lowest BCUT2D eigenvalue weighted by Gasteiger charge is -2.23. The molecule has 0 aliphatic rings. The molecule has 0 aliphatic heterocycles. The summed E-state index contributed by atoms with van der Waals surface area (Å²) in [5, 5.41) is 9.81. The summed E-state index contributed by atoms with van der Waals surface area (Å²) in [4.78, 5) is 35.2. The third-order valence-corrected chi connectivity index (χ3v) is 3.27. The molecule has 0 aliphatic carbocycles. The molecule has 0 atom stereocenters. The van der Waals surface area contributed by atoms with Gasteiger partial charge >= 0.3 is 5.97 Å². The number of nitrogens with one attached hydrogen (secondary N) is 1. The molecule has 0 aromatic heterocycles. The molecule has 124 valence electrons. The lowest BCUT2D eigenvalue weighted by Crippen LogP contribution is -2.46. The Balaban J connectivity index is 2.14. The molecule has 2 N–H and O–H groups in total. The van der Waals surface area contributed by atoms with Gasteiger partial charge < -0.3 is 5.11 Å². The van der Waals surface area contributed by atoms with E-state index in [0.717, 1.165) is 0 Å². The number of hydrogen-bond donors (Lipinski definition) is 2. The average Bonchev–Trinajstić information content (AvgIpc) is 2.60. The zero-order valence-corrected chi connectivity index (χ0v) is 13.0. The highest BCUT2D eigenvalue weighted by molar-refractivity contribution is 6.07. The minimum absolute atomic E-state index is 0.0255. The Morgan fingerprint density at radius 1 is 0.875 bits per heavy atom. The number of benzene rings is 2. The maximum atomic E-state index is 12.7. The van der Waals surface area contributed by atoms with Gasteiger partial charge in [0.1, 0.15) is 0 Å². The average molecular weight is 326 g/mol. The smallest absolute Gasteiger partial charge is 0.303 e. The zero-order valence-electron chi connectivity index (χ0n) is 13.0. The summed E-state index contributed by atoms with van der Waals surface area (Å²) < 4.78 is 0. The third kappa shape index (κ3) is 4.95. The number of carboxylic acids is 1. The number of amides is 2. The molecule has 24 heavy (non-hydrogen) atoms. The van der Waals surface area contributed by atoms with Gasteiger partial charge in [0.2, 0.25) is 5.91 Å². The normalized spacial score (nSPS) is 10.0. The Kier molecular flexibility index (Phi) is 6.08. The summed E-state index contributed by atoms with van der Waals surface area (Å²) in [6.07, 6.45) is 0.145. The predicted molar refractivity (Wildman–Crippen MR) is 89.3 cm³/mol. The van der Waals surface area contributed by atoms with Crippen LogP contribution in [0.2, 0.25) is 0 Å². The number of aliphatic carboxylic acids is 1. The first-order chi connectivity index (χ1) is 11.6. The molecular formula is C18H18N2O4. The van der Waals surface area contributed by atoms with Crippen LogP contribution in [-0.4, -0.2) is 22.9 Å². The van der Waals surface area contributed by atoms with Crippen LogP contribution in [0.25, 0.3) is 0 Å². The summed E-state index contributed by atoms with van der Waals surface area (Å²) in [5.74, 6) is -1.74. The van der Waals surface area contributed by atoms with Gasteiger partial charge in [-0.15, -0.1) is 0 Å². The van der Waals surface area contributed by atoms with E-state index in [1.165, 1.54) is 5.01 Å². The molecule has 0 saturated carbocycles. The molecular weight excluding hydrogens is 308 g/mol.